The van der Waals surface area contributed by atoms with Crippen molar-refractivity contribution in [1.29, 1.82) is 0 Å². The van der Waals surface area contributed by atoms with Gasteiger partial charge in [-0.15, -0.1) is 0 Å². The third-order valence-electron chi connectivity index (χ3n) is 3.99. The van der Waals surface area contributed by atoms with Crippen LogP contribution in [0.25, 0.3) is 0 Å². The fraction of sp³-hybridized carbons (Fsp3) is 0.571. The number of hydrogen-bond acceptors (Lipinski definition) is 3. The van der Waals surface area contributed by atoms with E-state index in [2.05, 4.69) is 20.7 Å². The van der Waals surface area contributed by atoms with Gasteiger partial charge in [0.25, 0.3) is 0 Å². The van der Waals surface area contributed by atoms with E-state index in [1.807, 2.05) is 6.92 Å². The Kier molecular flexibility index (Phi) is 4.47. The van der Waals surface area contributed by atoms with Crippen LogP contribution in [0.4, 0.5) is 5.69 Å². The van der Waals surface area contributed by atoms with Crippen molar-refractivity contribution < 1.29 is 8.42 Å². The van der Waals surface area contributed by atoms with Gasteiger partial charge < -0.3 is 5.73 Å². The Bertz CT molecular complexity index is 608. The molecule has 0 aromatic heterocycles. The fourth-order valence-corrected chi connectivity index (χ4v) is 5.16. The second-order valence-corrected chi connectivity index (χ2v) is 8.41. The monoisotopic (exact) mass is 360 g/mol. The van der Waals surface area contributed by atoms with E-state index in [1.54, 1.807) is 19.1 Å². The lowest BCUT2D eigenvalue weighted by Gasteiger charge is -2.34. The molecule has 0 bridgehead atoms. The maximum Gasteiger partial charge on any atom is 0.241 e. The quantitative estimate of drug-likeness (QED) is 0.811. The number of nitrogens with one attached hydrogen (secondary N) is 1. The smallest absolute Gasteiger partial charge is 0.241 e. The molecule has 20 heavy (non-hydrogen) atoms. The van der Waals surface area contributed by atoms with Crippen molar-refractivity contribution in [3.05, 3.63) is 22.2 Å². The van der Waals surface area contributed by atoms with Crippen molar-refractivity contribution in [3.8, 4) is 0 Å². The molecule has 1 aliphatic rings. The number of hydrogen-bond donors (Lipinski definition) is 2. The van der Waals surface area contributed by atoms with Crippen LogP contribution < -0.4 is 10.5 Å². The summed E-state index contributed by atoms with van der Waals surface area (Å²) >= 11 is 3.31. The van der Waals surface area contributed by atoms with Gasteiger partial charge in [0.05, 0.1) is 4.90 Å². The Morgan fingerprint density at radius 3 is 2.45 bits per heavy atom. The average Bonchev–Trinajstić information content (AvgIpc) is 2.33. The molecule has 6 heteroatoms. The van der Waals surface area contributed by atoms with Crippen molar-refractivity contribution in [3.63, 3.8) is 0 Å². The van der Waals surface area contributed by atoms with E-state index in [0.29, 0.717) is 15.7 Å². The number of halogens is 1. The van der Waals surface area contributed by atoms with Gasteiger partial charge in [-0.3, -0.25) is 0 Å². The van der Waals surface area contributed by atoms with Gasteiger partial charge in [-0.25, -0.2) is 13.1 Å². The van der Waals surface area contributed by atoms with Crippen LogP contribution in [0.5, 0.6) is 0 Å². The Morgan fingerprint density at radius 1 is 1.25 bits per heavy atom. The lowest BCUT2D eigenvalue weighted by atomic mass is 9.84. The highest BCUT2D eigenvalue weighted by Gasteiger charge is 2.33. The molecule has 3 N–H and O–H groups in total. The van der Waals surface area contributed by atoms with Gasteiger partial charge in [-0.1, -0.05) is 35.2 Å². The Labute approximate surface area is 129 Å². The minimum absolute atomic E-state index is 0.260. The summed E-state index contributed by atoms with van der Waals surface area (Å²) in [6, 6.07) is 3.33. The van der Waals surface area contributed by atoms with Crippen LogP contribution in [-0.2, 0) is 10.0 Å². The molecule has 0 saturated heterocycles. The second kappa shape index (κ2) is 5.66. The molecule has 1 fully saturated rings. The highest BCUT2D eigenvalue weighted by Crippen LogP contribution is 2.31. The van der Waals surface area contributed by atoms with Crippen molar-refractivity contribution >= 4 is 31.6 Å². The van der Waals surface area contributed by atoms with Gasteiger partial charge >= 0.3 is 0 Å². The van der Waals surface area contributed by atoms with Crippen molar-refractivity contribution in [2.24, 2.45) is 0 Å². The molecule has 112 valence electrons. The first-order chi connectivity index (χ1) is 9.23. The summed E-state index contributed by atoms with van der Waals surface area (Å²) in [4.78, 5) is 0.260. The van der Waals surface area contributed by atoms with Crippen molar-refractivity contribution in [1.82, 2.24) is 4.72 Å². The molecule has 1 aliphatic carbocycles. The number of nitrogen functional groups attached to an aromatic ring is 1. The summed E-state index contributed by atoms with van der Waals surface area (Å²) in [6.07, 6.45) is 5.08. The summed E-state index contributed by atoms with van der Waals surface area (Å²) in [5.41, 5.74) is 6.59. The Morgan fingerprint density at radius 2 is 1.85 bits per heavy atom. The van der Waals surface area contributed by atoms with E-state index >= 15 is 0 Å². The molecule has 0 radical (unpaired) electrons. The number of anilines is 1. The molecule has 1 aromatic carbocycles. The molecule has 0 spiro atoms. The molecule has 2 rings (SSSR count). The molecular weight excluding hydrogens is 340 g/mol. The number of benzene rings is 1. The molecular formula is C14H21BrN2O2S. The minimum atomic E-state index is -3.55. The van der Waals surface area contributed by atoms with Crippen LogP contribution in [0.15, 0.2) is 21.5 Å². The van der Waals surface area contributed by atoms with E-state index in [9.17, 15) is 8.42 Å². The average molecular weight is 361 g/mol. The molecule has 4 nitrogen and oxygen atoms in total. The third kappa shape index (κ3) is 3.35. The van der Waals surface area contributed by atoms with Gasteiger partial charge in [0, 0.05) is 15.7 Å². The molecule has 0 heterocycles. The molecule has 1 aromatic rings. The number of sulfonamides is 1. The topological polar surface area (TPSA) is 72.2 Å². The lowest BCUT2D eigenvalue weighted by Crippen LogP contribution is -2.47. The maximum atomic E-state index is 12.6. The van der Waals surface area contributed by atoms with Crippen LogP contribution in [0.2, 0.25) is 0 Å². The largest absolute Gasteiger partial charge is 0.398 e. The summed E-state index contributed by atoms with van der Waals surface area (Å²) in [5.74, 6) is 0. The van der Waals surface area contributed by atoms with Crippen LogP contribution >= 0.6 is 15.9 Å². The zero-order chi connectivity index (χ0) is 15.0. The summed E-state index contributed by atoms with van der Waals surface area (Å²) in [6.45, 7) is 3.72. The standard InChI is InChI=1S/C14H21BrN2O2S/c1-10-12(16)8-11(15)9-13(10)20(18,19)17-14(2)6-4-3-5-7-14/h8-9,17H,3-7,16H2,1-2H3. The first kappa shape index (κ1) is 15.8. The fourth-order valence-electron chi connectivity index (χ4n) is 2.77. The zero-order valence-electron chi connectivity index (χ0n) is 11.9. The van der Waals surface area contributed by atoms with Gasteiger partial charge in [-0.05, 0) is 44.4 Å². The predicted molar refractivity (Wildman–Crippen MR) is 85.1 cm³/mol. The summed E-state index contributed by atoms with van der Waals surface area (Å²) in [5, 5.41) is 0. The second-order valence-electron chi connectivity index (χ2n) is 5.84. The molecule has 0 amide bonds. The normalized spacial score (nSPS) is 18.9. The van der Waals surface area contributed by atoms with E-state index in [0.717, 1.165) is 25.7 Å². The van der Waals surface area contributed by atoms with E-state index < -0.39 is 10.0 Å². The zero-order valence-corrected chi connectivity index (χ0v) is 14.3. The molecule has 0 unspecified atom stereocenters. The first-order valence-corrected chi connectivity index (χ1v) is 9.11. The highest BCUT2D eigenvalue weighted by atomic mass is 79.9. The summed E-state index contributed by atoms with van der Waals surface area (Å²) in [7, 11) is -3.55. The lowest BCUT2D eigenvalue weighted by molar-refractivity contribution is 0.294. The number of rotatable bonds is 3. The van der Waals surface area contributed by atoms with E-state index in [4.69, 9.17) is 5.73 Å². The molecule has 1 saturated carbocycles. The van der Waals surface area contributed by atoms with E-state index in [-0.39, 0.29) is 10.4 Å². The molecule has 0 atom stereocenters. The van der Waals surface area contributed by atoms with Gasteiger partial charge in [-0.2, -0.15) is 0 Å². The minimum Gasteiger partial charge on any atom is -0.398 e. The van der Waals surface area contributed by atoms with E-state index in [1.165, 1.54) is 6.42 Å². The summed E-state index contributed by atoms with van der Waals surface area (Å²) < 4.78 is 28.8. The maximum absolute atomic E-state index is 12.6. The van der Waals surface area contributed by atoms with Crippen molar-refractivity contribution in [2.45, 2.75) is 56.4 Å². The SMILES string of the molecule is Cc1c(N)cc(Br)cc1S(=O)(=O)NC1(C)CCCCC1. The van der Waals surface area contributed by atoms with Crippen LogP contribution in [0, 0.1) is 6.92 Å². The Balaban J connectivity index is 2.36. The van der Waals surface area contributed by atoms with Gasteiger partial charge in [0.2, 0.25) is 10.0 Å². The van der Waals surface area contributed by atoms with Gasteiger partial charge in [0.1, 0.15) is 0 Å². The van der Waals surface area contributed by atoms with Gasteiger partial charge in [0.15, 0.2) is 0 Å². The Hall–Kier alpha value is -0.590. The van der Waals surface area contributed by atoms with Crippen LogP contribution in [-0.4, -0.2) is 14.0 Å². The van der Waals surface area contributed by atoms with Crippen LogP contribution in [0.1, 0.15) is 44.6 Å². The van der Waals surface area contributed by atoms with Crippen molar-refractivity contribution in [2.75, 3.05) is 5.73 Å². The number of nitrogens with two attached hydrogens (primary N) is 1. The third-order valence-corrected chi connectivity index (χ3v) is 6.21. The molecule has 0 aliphatic heterocycles. The predicted octanol–water partition coefficient (Wildman–Crippen LogP) is 3.34. The highest BCUT2D eigenvalue weighted by molar-refractivity contribution is 9.10. The van der Waals surface area contributed by atoms with Crippen LogP contribution in [0.3, 0.4) is 0 Å². The first-order valence-electron chi connectivity index (χ1n) is 6.83.